The average molecular weight is 259 g/mol. The van der Waals surface area contributed by atoms with E-state index < -0.39 is 0 Å². The third-order valence-electron chi connectivity index (χ3n) is 3.60. The fourth-order valence-electron chi connectivity index (χ4n) is 2.36. The molecule has 0 spiro atoms. The summed E-state index contributed by atoms with van der Waals surface area (Å²) in [7, 11) is 0. The van der Waals surface area contributed by atoms with Gasteiger partial charge in [0, 0.05) is 23.0 Å². The Labute approximate surface area is 113 Å². The summed E-state index contributed by atoms with van der Waals surface area (Å²) < 4.78 is 0. The highest BCUT2D eigenvalue weighted by Gasteiger charge is 2.15. The Morgan fingerprint density at radius 2 is 1.89 bits per heavy atom. The van der Waals surface area contributed by atoms with E-state index in [0.29, 0.717) is 5.75 Å². The summed E-state index contributed by atoms with van der Waals surface area (Å²) in [6, 6.07) is 11.8. The molecule has 0 aliphatic heterocycles. The summed E-state index contributed by atoms with van der Waals surface area (Å²) in [6.45, 7) is 4.14. The van der Waals surface area contributed by atoms with Crippen LogP contribution in [0.25, 0.3) is 10.8 Å². The molecule has 2 unspecified atom stereocenters. The quantitative estimate of drug-likeness (QED) is 0.773. The van der Waals surface area contributed by atoms with Crippen molar-refractivity contribution in [3.05, 3.63) is 42.0 Å². The Morgan fingerprint density at radius 3 is 2.58 bits per heavy atom. The topological polar surface area (TPSA) is 52.5 Å². The van der Waals surface area contributed by atoms with Crippen LogP contribution in [-0.2, 0) is 0 Å². The van der Waals surface area contributed by atoms with Crippen molar-refractivity contribution in [3.8, 4) is 5.75 Å². The van der Waals surface area contributed by atoms with E-state index in [1.54, 1.807) is 0 Å². The van der Waals surface area contributed by atoms with Gasteiger partial charge in [0.2, 0.25) is 0 Å². The van der Waals surface area contributed by atoms with Gasteiger partial charge in [-0.15, -0.1) is 0 Å². The lowest BCUT2D eigenvalue weighted by molar-refractivity contribution is 0.229. The van der Waals surface area contributed by atoms with Gasteiger partial charge in [-0.1, -0.05) is 43.3 Å². The van der Waals surface area contributed by atoms with Crippen LogP contribution in [0.4, 0.5) is 0 Å². The van der Waals surface area contributed by atoms with Crippen molar-refractivity contribution in [3.63, 3.8) is 0 Å². The van der Waals surface area contributed by atoms with Crippen LogP contribution >= 0.6 is 0 Å². The summed E-state index contributed by atoms with van der Waals surface area (Å²) in [6.07, 6.45) is 0.856. The molecule has 3 nitrogen and oxygen atoms in total. The minimum atomic E-state index is 0.00158. The Hall–Kier alpha value is -1.58. The highest BCUT2D eigenvalue weighted by atomic mass is 16.3. The molecule has 2 rings (SSSR count). The number of aliphatic hydroxyl groups is 1. The van der Waals surface area contributed by atoms with Gasteiger partial charge in [0.05, 0.1) is 6.61 Å². The minimum absolute atomic E-state index is 0.00158. The third-order valence-corrected chi connectivity index (χ3v) is 3.60. The highest BCUT2D eigenvalue weighted by molar-refractivity contribution is 5.89. The maximum atomic E-state index is 10.4. The molecule has 0 saturated heterocycles. The summed E-state index contributed by atoms with van der Waals surface area (Å²) in [4.78, 5) is 0. The first-order valence-corrected chi connectivity index (χ1v) is 6.74. The second kappa shape index (κ2) is 6.04. The van der Waals surface area contributed by atoms with Crippen LogP contribution in [0, 0.1) is 0 Å². The smallest absolute Gasteiger partial charge is 0.128 e. The molecule has 2 aromatic rings. The van der Waals surface area contributed by atoms with Crippen LogP contribution in [0.1, 0.15) is 31.9 Å². The molecule has 0 aliphatic carbocycles. The maximum absolute atomic E-state index is 10.4. The number of fused-ring (bicyclic) bond motifs is 1. The van der Waals surface area contributed by atoms with Gasteiger partial charge in [0.1, 0.15) is 5.75 Å². The molecule has 3 heteroatoms. The molecule has 2 aromatic carbocycles. The molecule has 3 N–H and O–H groups in total. The monoisotopic (exact) mass is 259 g/mol. The lowest BCUT2D eigenvalue weighted by atomic mass is 10.0. The number of phenolic OH excluding ortho intramolecular Hbond substituents is 1. The number of nitrogens with one attached hydrogen (secondary N) is 1. The second-order valence-corrected chi connectivity index (χ2v) is 4.90. The zero-order valence-corrected chi connectivity index (χ0v) is 11.4. The van der Waals surface area contributed by atoms with Gasteiger partial charge in [-0.05, 0) is 18.7 Å². The van der Waals surface area contributed by atoms with Crippen LogP contribution in [-0.4, -0.2) is 22.9 Å². The minimum Gasteiger partial charge on any atom is -0.507 e. The SMILES string of the molecule is CCC(CO)NC(C)c1ccc2ccccc2c1O. The zero-order valence-electron chi connectivity index (χ0n) is 11.4. The van der Waals surface area contributed by atoms with Crippen LogP contribution < -0.4 is 5.32 Å². The first-order valence-electron chi connectivity index (χ1n) is 6.74. The molecule has 0 saturated carbocycles. The Bertz CT molecular complexity index is 549. The van der Waals surface area contributed by atoms with Crippen molar-refractivity contribution in [1.82, 2.24) is 5.32 Å². The number of benzene rings is 2. The van der Waals surface area contributed by atoms with Crippen LogP contribution in [0.2, 0.25) is 0 Å². The lowest BCUT2D eigenvalue weighted by Crippen LogP contribution is -2.33. The van der Waals surface area contributed by atoms with Crippen molar-refractivity contribution in [2.75, 3.05) is 6.61 Å². The summed E-state index contributed by atoms with van der Waals surface area (Å²) >= 11 is 0. The van der Waals surface area contributed by atoms with Crippen molar-refractivity contribution in [1.29, 1.82) is 0 Å². The third kappa shape index (κ3) is 2.88. The van der Waals surface area contributed by atoms with Crippen LogP contribution in [0.3, 0.4) is 0 Å². The van der Waals surface area contributed by atoms with Gasteiger partial charge in [-0.3, -0.25) is 0 Å². The molecule has 0 heterocycles. The maximum Gasteiger partial charge on any atom is 0.128 e. The lowest BCUT2D eigenvalue weighted by Gasteiger charge is -2.22. The largest absolute Gasteiger partial charge is 0.507 e. The molecule has 0 bridgehead atoms. The zero-order chi connectivity index (χ0) is 13.8. The Kier molecular flexibility index (Phi) is 4.40. The predicted molar refractivity (Wildman–Crippen MR) is 78.3 cm³/mol. The number of hydrogen-bond donors (Lipinski definition) is 3. The summed E-state index contributed by atoms with van der Waals surface area (Å²) in [5.74, 6) is 0.325. The molecule has 19 heavy (non-hydrogen) atoms. The van der Waals surface area contributed by atoms with Crippen molar-refractivity contribution < 1.29 is 10.2 Å². The van der Waals surface area contributed by atoms with E-state index >= 15 is 0 Å². The van der Waals surface area contributed by atoms with E-state index in [2.05, 4.69) is 5.32 Å². The number of rotatable bonds is 5. The van der Waals surface area contributed by atoms with E-state index in [1.165, 1.54) is 0 Å². The van der Waals surface area contributed by atoms with E-state index in [0.717, 1.165) is 22.8 Å². The van der Waals surface area contributed by atoms with Gasteiger partial charge < -0.3 is 15.5 Å². The molecular formula is C16H21NO2. The fourth-order valence-corrected chi connectivity index (χ4v) is 2.36. The number of phenols is 1. The molecule has 102 valence electrons. The Morgan fingerprint density at radius 1 is 1.16 bits per heavy atom. The van der Waals surface area contributed by atoms with E-state index in [4.69, 9.17) is 0 Å². The second-order valence-electron chi connectivity index (χ2n) is 4.90. The van der Waals surface area contributed by atoms with Gasteiger partial charge in [-0.2, -0.15) is 0 Å². The molecule has 0 radical (unpaired) electrons. The van der Waals surface area contributed by atoms with Gasteiger partial charge >= 0.3 is 0 Å². The summed E-state index contributed by atoms with van der Waals surface area (Å²) in [5, 5.41) is 24.8. The summed E-state index contributed by atoms with van der Waals surface area (Å²) in [5.41, 5.74) is 0.866. The Balaban J connectivity index is 2.32. The van der Waals surface area contributed by atoms with Crippen LogP contribution in [0.15, 0.2) is 36.4 Å². The number of hydrogen-bond acceptors (Lipinski definition) is 3. The molecule has 0 aliphatic rings. The fraction of sp³-hybridized carbons (Fsp3) is 0.375. The normalized spacial score (nSPS) is 14.5. The molecule has 0 amide bonds. The van der Waals surface area contributed by atoms with Crippen LogP contribution in [0.5, 0.6) is 5.75 Å². The van der Waals surface area contributed by atoms with E-state index in [9.17, 15) is 10.2 Å². The number of aromatic hydroxyl groups is 1. The van der Waals surface area contributed by atoms with Gasteiger partial charge in [-0.25, -0.2) is 0 Å². The highest BCUT2D eigenvalue weighted by Crippen LogP contribution is 2.32. The molecule has 0 aromatic heterocycles. The predicted octanol–water partition coefficient (Wildman–Crippen LogP) is 2.97. The molecule has 2 atom stereocenters. The first kappa shape index (κ1) is 13.8. The van der Waals surface area contributed by atoms with Gasteiger partial charge in [0.15, 0.2) is 0 Å². The standard InChI is InChI=1S/C16H21NO2/c1-3-13(10-18)17-11(2)14-9-8-12-6-4-5-7-15(12)16(14)19/h4-9,11,13,17-19H,3,10H2,1-2H3. The van der Waals surface area contributed by atoms with E-state index in [1.807, 2.05) is 50.2 Å². The van der Waals surface area contributed by atoms with Crippen molar-refractivity contribution in [2.24, 2.45) is 0 Å². The van der Waals surface area contributed by atoms with Crippen molar-refractivity contribution in [2.45, 2.75) is 32.4 Å². The number of aliphatic hydroxyl groups excluding tert-OH is 1. The first-order chi connectivity index (χ1) is 9.17. The molecule has 0 fully saturated rings. The van der Waals surface area contributed by atoms with E-state index in [-0.39, 0.29) is 18.7 Å². The molecular weight excluding hydrogens is 238 g/mol. The van der Waals surface area contributed by atoms with Crippen molar-refractivity contribution >= 4 is 10.8 Å². The average Bonchev–Trinajstić information content (AvgIpc) is 2.45. The van der Waals surface area contributed by atoms with Gasteiger partial charge in [0.25, 0.3) is 0 Å².